The second-order valence-electron chi connectivity index (χ2n) is 2.70. The summed E-state index contributed by atoms with van der Waals surface area (Å²) in [6, 6.07) is 3.49. The number of esters is 1. The lowest BCUT2D eigenvalue weighted by atomic mass is 10.2. The van der Waals surface area contributed by atoms with Crippen molar-refractivity contribution in [2.45, 2.75) is 6.42 Å². The van der Waals surface area contributed by atoms with Gasteiger partial charge >= 0.3 is 5.97 Å². The molecule has 0 aliphatic heterocycles. The van der Waals surface area contributed by atoms with Crippen molar-refractivity contribution in [2.75, 3.05) is 14.2 Å². The minimum absolute atomic E-state index is 0.00477. The molecule has 5 nitrogen and oxygen atoms in total. The number of methoxy groups -OCH3 is 2. The summed E-state index contributed by atoms with van der Waals surface area (Å²) in [6.45, 7) is 0. The van der Waals surface area contributed by atoms with E-state index >= 15 is 0 Å². The second kappa shape index (κ2) is 4.96. The van der Waals surface area contributed by atoms with Crippen LogP contribution in [0.2, 0.25) is 0 Å². The topological polar surface area (TPSA) is 72.2 Å². The van der Waals surface area contributed by atoms with E-state index in [1.165, 1.54) is 26.5 Å². The fourth-order valence-corrected chi connectivity index (χ4v) is 1.14. The van der Waals surface area contributed by atoms with Crippen molar-refractivity contribution in [3.05, 3.63) is 23.5 Å². The van der Waals surface area contributed by atoms with Crippen LogP contribution in [0.25, 0.3) is 0 Å². The van der Waals surface area contributed by atoms with Crippen LogP contribution in [0, 0.1) is 11.3 Å². The number of nitrogens with zero attached hydrogens (tertiary/aromatic N) is 2. The molecule has 0 aromatic carbocycles. The molecule has 0 radical (unpaired) electrons. The summed E-state index contributed by atoms with van der Waals surface area (Å²) in [5.41, 5.74) is 0.759. The fourth-order valence-electron chi connectivity index (χ4n) is 1.14. The molecule has 1 rings (SSSR count). The van der Waals surface area contributed by atoms with E-state index in [0.717, 1.165) is 0 Å². The first-order chi connectivity index (χ1) is 7.22. The zero-order valence-electron chi connectivity index (χ0n) is 8.48. The van der Waals surface area contributed by atoms with Gasteiger partial charge < -0.3 is 9.47 Å². The zero-order valence-corrected chi connectivity index (χ0v) is 8.48. The molecular weight excluding hydrogens is 196 g/mol. The molecule has 0 bridgehead atoms. The summed E-state index contributed by atoms with van der Waals surface area (Å²) in [7, 11) is 2.72. The molecule has 0 atom stereocenters. The number of pyridine rings is 1. The molecule has 0 amide bonds. The summed E-state index contributed by atoms with van der Waals surface area (Å²) >= 11 is 0. The lowest BCUT2D eigenvalue weighted by Crippen LogP contribution is -2.08. The standard InChI is InChI=1S/C10H10N2O3/c1-14-9(13)5-8-10(15-2)7(6-11)3-4-12-8/h3-4H,5H2,1-2H3. The molecule has 0 fully saturated rings. The van der Waals surface area contributed by atoms with Gasteiger partial charge in [0.2, 0.25) is 0 Å². The number of rotatable bonds is 3. The van der Waals surface area contributed by atoms with Crippen molar-refractivity contribution in [2.24, 2.45) is 0 Å². The van der Waals surface area contributed by atoms with E-state index in [4.69, 9.17) is 10.00 Å². The van der Waals surface area contributed by atoms with Gasteiger partial charge in [-0.1, -0.05) is 0 Å². The van der Waals surface area contributed by atoms with Gasteiger partial charge in [0.1, 0.15) is 6.07 Å². The van der Waals surface area contributed by atoms with Crippen LogP contribution in [0.4, 0.5) is 0 Å². The fraction of sp³-hybridized carbons (Fsp3) is 0.300. The Morgan fingerprint density at radius 2 is 2.33 bits per heavy atom. The van der Waals surface area contributed by atoms with E-state index in [2.05, 4.69) is 9.72 Å². The van der Waals surface area contributed by atoms with Gasteiger partial charge in [-0.25, -0.2) is 0 Å². The number of carbonyl (C=O) groups is 1. The Morgan fingerprint density at radius 3 is 2.87 bits per heavy atom. The van der Waals surface area contributed by atoms with Gasteiger partial charge in [0, 0.05) is 6.20 Å². The molecule has 0 saturated heterocycles. The van der Waals surface area contributed by atoms with Gasteiger partial charge in [-0.3, -0.25) is 9.78 Å². The predicted octanol–water partition coefficient (Wildman–Crippen LogP) is 0.677. The van der Waals surface area contributed by atoms with Crippen molar-refractivity contribution in [3.8, 4) is 11.8 Å². The molecule has 0 saturated carbocycles. The third kappa shape index (κ3) is 2.44. The quantitative estimate of drug-likeness (QED) is 0.680. The van der Waals surface area contributed by atoms with Gasteiger partial charge in [0.05, 0.1) is 31.9 Å². The minimum atomic E-state index is -0.420. The maximum absolute atomic E-state index is 11.0. The molecule has 0 aliphatic carbocycles. The SMILES string of the molecule is COC(=O)Cc1nccc(C#N)c1OC. The summed E-state index contributed by atoms with van der Waals surface area (Å²) in [5, 5.41) is 8.79. The van der Waals surface area contributed by atoms with Crippen molar-refractivity contribution in [3.63, 3.8) is 0 Å². The summed E-state index contributed by atoms with van der Waals surface area (Å²) < 4.78 is 9.53. The van der Waals surface area contributed by atoms with Gasteiger partial charge in [0.25, 0.3) is 0 Å². The molecule has 15 heavy (non-hydrogen) atoms. The number of ether oxygens (including phenoxy) is 2. The first-order valence-electron chi connectivity index (χ1n) is 4.21. The molecule has 0 aliphatic rings. The predicted molar refractivity (Wildman–Crippen MR) is 51.2 cm³/mol. The van der Waals surface area contributed by atoms with Crippen LogP contribution in [0.3, 0.4) is 0 Å². The average molecular weight is 206 g/mol. The minimum Gasteiger partial charge on any atom is -0.493 e. The highest BCUT2D eigenvalue weighted by molar-refractivity contribution is 5.73. The number of nitriles is 1. The van der Waals surface area contributed by atoms with E-state index in [1.807, 2.05) is 6.07 Å². The van der Waals surface area contributed by atoms with E-state index in [9.17, 15) is 4.79 Å². The maximum Gasteiger partial charge on any atom is 0.311 e. The summed E-state index contributed by atoms with van der Waals surface area (Å²) in [4.78, 5) is 15.0. The van der Waals surface area contributed by atoms with E-state index in [-0.39, 0.29) is 6.42 Å². The molecule has 1 aromatic heterocycles. The third-order valence-corrected chi connectivity index (χ3v) is 1.84. The van der Waals surface area contributed by atoms with E-state index < -0.39 is 5.97 Å². The van der Waals surface area contributed by atoms with Crippen molar-refractivity contribution in [1.29, 1.82) is 5.26 Å². The van der Waals surface area contributed by atoms with Crippen LogP contribution < -0.4 is 4.74 Å². The Hall–Kier alpha value is -2.09. The molecule has 0 spiro atoms. The summed E-state index contributed by atoms with van der Waals surface area (Å²) in [5.74, 6) is -0.0960. The van der Waals surface area contributed by atoms with Gasteiger partial charge in [-0.2, -0.15) is 5.26 Å². The smallest absolute Gasteiger partial charge is 0.311 e. The maximum atomic E-state index is 11.0. The lowest BCUT2D eigenvalue weighted by molar-refractivity contribution is -0.139. The first-order valence-corrected chi connectivity index (χ1v) is 4.21. The third-order valence-electron chi connectivity index (χ3n) is 1.84. The first kappa shape index (κ1) is 11.0. The van der Waals surface area contributed by atoms with Crippen LogP contribution >= 0.6 is 0 Å². The molecule has 1 aromatic rings. The normalized spacial score (nSPS) is 9.13. The highest BCUT2D eigenvalue weighted by Crippen LogP contribution is 2.21. The Labute approximate surface area is 87.3 Å². The molecule has 78 valence electrons. The van der Waals surface area contributed by atoms with Crippen LogP contribution in [0.15, 0.2) is 12.3 Å². The van der Waals surface area contributed by atoms with Crippen LogP contribution in [-0.2, 0) is 16.0 Å². The monoisotopic (exact) mass is 206 g/mol. The van der Waals surface area contributed by atoms with Crippen LogP contribution in [-0.4, -0.2) is 25.2 Å². The Morgan fingerprint density at radius 1 is 1.60 bits per heavy atom. The average Bonchev–Trinajstić information content (AvgIpc) is 2.28. The van der Waals surface area contributed by atoms with Crippen molar-refractivity contribution < 1.29 is 14.3 Å². The molecule has 1 heterocycles. The number of aromatic nitrogens is 1. The molecular formula is C10H10N2O3. The molecule has 0 unspecified atom stereocenters. The van der Waals surface area contributed by atoms with E-state index in [0.29, 0.717) is 17.0 Å². The Bertz CT molecular complexity index is 410. The van der Waals surface area contributed by atoms with Crippen LogP contribution in [0.1, 0.15) is 11.3 Å². The molecule has 0 N–H and O–H groups in total. The van der Waals surface area contributed by atoms with Crippen molar-refractivity contribution >= 4 is 5.97 Å². The second-order valence-corrected chi connectivity index (χ2v) is 2.70. The van der Waals surface area contributed by atoms with Gasteiger partial charge in [0.15, 0.2) is 5.75 Å². The molecule has 5 heteroatoms. The van der Waals surface area contributed by atoms with Crippen LogP contribution in [0.5, 0.6) is 5.75 Å². The number of hydrogen-bond donors (Lipinski definition) is 0. The number of carbonyl (C=O) groups excluding carboxylic acids is 1. The number of hydrogen-bond acceptors (Lipinski definition) is 5. The highest BCUT2D eigenvalue weighted by atomic mass is 16.5. The highest BCUT2D eigenvalue weighted by Gasteiger charge is 2.13. The van der Waals surface area contributed by atoms with Gasteiger partial charge in [-0.15, -0.1) is 0 Å². The largest absolute Gasteiger partial charge is 0.493 e. The Balaban J connectivity index is 3.07. The van der Waals surface area contributed by atoms with Crippen molar-refractivity contribution in [1.82, 2.24) is 4.98 Å². The summed E-state index contributed by atoms with van der Waals surface area (Å²) in [6.07, 6.45) is 1.45. The van der Waals surface area contributed by atoms with Gasteiger partial charge in [-0.05, 0) is 6.07 Å². The van der Waals surface area contributed by atoms with E-state index in [1.54, 1.807) is 0 Å². The Kier molecular flexibility index (Phi) is 3.63. The lowest BCUT2D eigenvalue weighted by Gasteiger charge is -2.07. The zero-order chi connectivity index (χ0) is 11.3.